The Morgan fingerprint density at radius 3 is 2.62 bits per heavy atom. The Kier molecular flexibility index (Phi) is 5.46. The number of amides is 1. The van der Waals surface area contributed by atoms with Crippen LogP contribution in [0.4, 0.5) is 17.5 Å². The first-order chi connectivity index (χ1) is 17.6. The Morgan fingerprint density at radius 1 is 1.14 bits per heavy atom. The zero-order chi connectivity index (χ0) is 25.9. The van der Waals surface area contributed by atoms with E-state index in [0.29, 0.717) is 41.6 Å². The molecule has 4 heterocycles. The van der Waals surface area contributed by atoms with E-state index in [1.165, 1.54) is 11.8 Å². The van der Waals surface area contributed by atoms with Crippen molar-refractivity contribution >= 4 is 33.4 Å². The maximum absolute atomic E-state index is 12.1. The van der Waals surface area contributed by atoms with Crippen LogP contribution in [0.5, 0.6) is 5.75 Å². The summed E-state index contributed by atoms with van der Waals surface area (Å²) in [5.41, 5.74) is 2.52. The topological polar surface area (TPSA) is 126 Å². The van der Waals surface area contributed by atoms with Crippen molar-refractivity contribution in [1.29, 1.82) is 0 Å². The van der Waals surface area contributed by atoms with Crippen molar-refractivity contribution < 1.29 is 17.9 Å². The Balaban J connectivity index is 1.16. The molecule has 0 spiro atoms. The van der Waals surface area contributed by atoms with E-state index in [2.05, 4.69) is 37.7 Å². The Labute approximate surface area is 215 Å². The number of carbonyl (C=O) groups excluding carboxylic acids is 1. The smallest absolute Gasteiger partial charge is 0.269 e. The van der Waals surface area contributed by atoms with Crippen LogP contribution in [-0.4, -0.2) is 58.0 Å². The van der Waals surface area contributed by atoms with Gasteiger partial charge in [0, 0.05) is 36.2 Å². The maximum atomic E-state index is 12.1. The molecule has 10 nitrogen and oxygen atoms in total. The average molecular weight is 521 g/mol. The summed E-state index contributed by atoms with van der Waals surface area (Å²) in [6.45, 7) is 4.02. The third kappa shape index (κ3) is 4.42. The largest absolute Gasteiger partial charge is 0.474 e. The lowest BCUT2D eigenvalue weighted by Gasteiger charge is -2.30. The minimum Gasteiger partial charge on any atom is -0.474 e. The summed E-state index contributed by atoms with van der Waals surface area (Å²) in [4.78, 5) is 25.4. The second-order valence-corrected chi connectivity index (χ2v) is 12.4. The number of benzene rings is 1. The number of hydrogen-bond donors (Lipinski definition) is 2. The van der Waals surface area contributed by atoms with Gasteiger partial charge in [-0.2, -0.15) is 4.31 Å². The van der Waals surface area contributed by atoms with Crippen molar-refractivity contribution in [2.24, 2.45) is 5.92 Å². The van der Waals surface area contributed by atoms with Crippen LogP contribution >= 0.6 is 0 Å². The summed E-state index contributed by atoms with van der Waals surface area (Å²) in [6, 6.07) is 11.9. The van der Waals surface area contributed by atoms with Crippen LogP contribution in [0.2, 0.25) is 0 Å². The normalized spacial score (nSPS) is 24.3. The van der Waals surface area contributed by atoms with Crippen molar-refractivity contribution in [1.82, 2.24) is 19.3 Å². The maximum Gasteiger partial charge on any atom is 0.269 e. The van der Waals surface area contributed by atoms with Crippen molar-refractivity contribution in [2.75, 3.05) is 23.4 Å². The van der Waals surface area contributed by atoms with Crippen LogP contribution in [0.25, 0.3) is 11.3 Å². The van der Waals surface area contributed by atoms with Gasteiger partial charge in [-0.05, 0) is 68.4 Å². The van der Waals surface area contributed by atoms with Gasteiger partial charge in [-0.3, -0.25) is 4.79 Å². The summed E-state index contributed by atoms with van der Waals surface area (Å²) >= 11 is 0. The molecule has 192 valence electrons. The molecule has 37 heavy (non-hydrogen) atoms. The van der Waals surface area contributed by atoms with Crippen molar-refractivity contribution in [2.45, 2.75) is 44.2 Å². The molecule has 1 aliphatic carbocycles. The number of ether oxygens (including phenoxy) is 1. The summed E-state index contributed by atoms with van der Waals surface area (Å²) in [6.07, 6.45) is 6.42. The zero-order valence-corrected chi connectivity index (χ0v) is 21.6. The van der Waals surface area contributed by atoms with E-state index >= 15 is 0 Å². The highest BCUT2D eigenvalue weighted by atomic mass is 32.2. The number of aromatic nitrogens is 3. The first-order valence-corrected chi connectivity index (χ1v) is 14.1. The van der Waals surface area contributed by atoms with Gasteiger partial charge in [0.1, 0.15) is 0 Å². The molecular weight excluding hydrogens is 492 g/mol. The summed E-state index contributed by atoms with van der Waals surface area (Å²) in [5, 5.41) is 6.02. The number of nitrogens with one attached hydrogen (secondary N) is 2. The molecule has 11 heteroatoms. The minimum atomic E-state index is -3.13. The summed E-state index contributed by atoms with van der Waals surface area (Å²) < 4.78 is 31.5. The molecule has 1 aromatic carbocycles. The predicted octanol–water partition coefficient (Wildman–Crippen LogP) is 3.53. The number of anilines is 3. The van der Waals surface area contributed by atoms with E-state index < -0.39 is 15.6 Å². The quantitative estimate of drug-likeness (QED) is 0.523. The lowest BCUT2D eigenvalue weighted by molar-refractivity contribution is -0.129. The monoisotopic (exact) mass is 520 g/mol. The minimum absolute atomic E-state index is 0.116. The molecular formula is C26H28N6O4S. The van der Waals surface area contributed by atoms with E-state index in [0.717, 1.165) is 24.1 Å². The standard InChI is InChI=1S/C26H28N6O4S/c1-26(2)24(33)31-23-22(36-26)11-16(13-28-23)21-8-9-27-25(30-21)29-18-6-4-15(5-7-18)20-12-19-10-17(20)14-32(19)37(3,34)35/h4-9,11,13,17,19-20H,10,12,14H2,1-3H3,(H,27,29,30)(H,28,31,33). The summed E-state index contributed by atoms with van der Waals surface area (Å²) in [7, 11) is -3.13. The van der Waals surface area contributed by atoms with Gasteiger partial charge in [0.2, 0.25) is 16.0 Å². The fourth-order valence-electron chi connectivity index (χ4n) is 5.59. The van der Waals surface area contributed by atoms with Crippen LogP contribution in [0.15, 0.2) is 48.8 Å². The first-order valence-electron chi connectivity index (χ1n) is 12.2. The number of sulfonamides is 1. The Bertz CT molecular complexity index is 1490. The van der Waals surface area contributed by atoms with Crippen LogP contribution in [0.3, 0.4) is 0 Å². The van der Waals surface area contributed by atoms with Gasteiger partial charge in [0.25, 0.3) is 5.91 Å². The lowest BCUT2D eigenvalue weighted by Crippen LogP contribution is -2.45. The molecule has 2 aromatic heterocycles. The first kappa shape index (κ1) is 23.8. The molecule has 3 unspecified atom stereocenters. The second-order valence-electron chi connectivity index (χ2n) is 10.5. The van der Waals surface area contributed by atoms with Crippen molar-refractivity contribution in [3.05, 3.63) is 54.4 Å². The molecule has 2 fully saturated rings. The van der Waals surface area contributed by atoms with Crippen LogP contribution in [-0.2, 0) is 14.8 Å². The fraction of sp³-hybridized carbons (Fsp3) is 0.385. The molecule has 2 bridgehead atoms. The van der Waals surface area contributed by atoms with Crippen LogP contribution in [0, 0.1) is 5.92 Å². The van der Waals surface area contributed by atoms with E-state index in [9.17, 15) is 13.2 Å². The molecule has 1 amide bonds. The van der Waals surface area contributed by atoms with Gasteiger partial charge in [0.05, 0.1) is 11.9 Å². The van der Waals surface area contributed by atoms with Gasteiger partial charge < -0.3 is 15.4 Å². The molecule has 3 atom stereocenters. The van der Waals surface area contributed by atoms with Crippen LogP contribution in [0.1, 0.15) is 38.2 Å². The zero-order valence-electron chi connectivity index (χ0n) is 20.8. The Morgan fingerprint density at radius 2 is 1.92 bits per heavy atom. The van der Waals surface area contributed by atoms with Gasteiger partial charge in [-0.15, -0.1) is 0 Å². The van der Waals surface area contributed by atoms with Gasteiger partial charge >= 0.3 is 0 Å². The molecule has 2 N–H and O–H groups in total. The van der Waals surface area contributed by atoms with E-state index in [-0.39, 0.29) is 11.9 Å². The van der Waals surface area contributed by atoms with Crippen molar-refractivity contribution in [3.63, 3.8) is 0 Å². The number of hydrogen-bond acceptors (Lipinski definition) is 8. The molecule has 1 saturated heterocycles. The average Bonchev–Trinajstić information content (AvgIpc) is 3.46. The van der Waals surface area contributed by atoms with E-state index in [4.69, 9.17) is 4.74 Å². The molecule has 3 aliphatic rings. The third-order valence-corrected chi connectivity index (χ3v) is 8.76. The van der Waals surface area contributed by atoms with Gasteiger partial charge in [-0.1, -0.05) is 12.1 Å². The number of carbonyl (C=O) groups is 1. The Hall–Kier alpha value is -3.57. The molecule has 0 radical (unpaired) electrons. The number of rotatable bonds is 5. The highest BCUT2D eigenvalue weighted by molar-refractivity contribution is 7.88. The highest BCUT2D eigenvalue weighted by Gasteiger charge is 2.48. The second kappa shape index (κ2) is 8.49. The number of piperidine rings is 1. The predicted molar refractivity (Wildman–Crippen MR) is 139 cm³/mol. The molecule has 3 aromatic rings. The van der Waals surface area contributed by atoms with Gasteiger partial charge in [-0.25, -0.2) is 23.4 Å². The molecule has 6 rings (SSSR count). The lowest BCUT2D eigenvalue weighted by atomic mass is 9.88. The number of fused-ring (bicyclic) bond motifs is 3. The summed E-state index contributed by atoms with van der Waals surface area (Å²) in [5.74, 6) is 1.83. The van der Waals surface area contributed by atoms with Crippen LogP contribution < -0.4 is 15.4 Å². The van der Waals surface area contributed by atoms with Crippen molar-refractivity contribution in [3.8, 4) is 17.0 Å². The molecule has 1 saturated carbocycles. The molecule has 2 aliphatic heterocycles. The number of pyridine rings is 1. The van der Waals surface area contributed by atoms with E-state index in [1.54, 1.807) is 36.6 Å². The number of nitrogens with zero attached hydrogens (tertiary/aromatic N) is 4. The van der Waals surface area contributed by atoms with Gasteiger partial charge in [0.15, 0.2) is 17.2 Å². The highest BCUT2D eigenvalue weighted by Crippen LogP contribution is 2.48. The third-order valence-electron chi connectivity index (χ3n) is 7.46. The fourth-order valence-corrected chi connectivity index (χ4v) is 6.76. The SMILES string of the molecule is CC1(C)Oc2cc(-c3ccnc(Nc4ccc(C5CC6CC5CN6S(C)(=O)=O)cc4)n3)cnc2NC1=O. The van der Waals surface area contributed by atoms with E-state index in [1.807, 2.05) is 18.2 Å².